The Labute approximate surface area is 211 Å². The molecule has 0 radical (unpaired) electrons. The summed E-state index contributed by atoms with van der Waals surface area (Å²) in [7, 11) is 0.576. The molecule has 2 N–H and O–H groups in total. The fourth-order valence-electron chi connectivity index (χ4n) is 4.36. The number of nitrogens with zero attached hydrogens (tertiary/aromatic N) is 4. The van der Waals surface area contributed by atoms with E-state index in [0.717, 1.165) is 49.2 Å². The summed E-state index contributed by atoms with van der Waals surface area (Å²) < 4.78 is 1.83. The van der Waals surface area contributed by atoms with E-state index in [-0.39, 0.29) is 11.7 Å². The van der Waals surface area contributed by atoms with E-state index in [1.165, 1.54) is 25.7 Å². The molecule has 0 saturated carbocycles. The molecule has 1 aliphatic heterocycles. The molecule has 1 fully saturated rings. The number of para-hydroxylation sites is 1. The number of aromatic nitrogens is 3. The summed E-state index contributed by atoms with van der Waals surface area (Å²) in [4.78, 5) is 18.4. The summed E-state index contributed by atoms with van der Waals surface area (Å²) in [5, 5.41) is 19.4. The van der Waals surface area contributed by atoms with E-state index < -0.39 is 0 Å². The molecule has 2 unspecified atom stereocenters. The van der Waals surface area contributed by atoms with Crippen molar-refractivity contribution in [2.75, 3.05) is 31.6 Å². The number of unbranched alkanes of at least 4 members (excludes halogenated alkanes) is 3. The van der Waals surface area contributed by atoms with Gasteiger partial charge in [-0.15, -0.1) is 0 Å². The number of carbonyl (C=O) groups excluding carboxylic acids is 1. The van der Waals surface area contributed by atoms with Crippen molar-refractivity contribution in [1.29, 1.82) is 0 Å². The fraction of sp³-hybridized carbons (Fsp3) is 0.519. The molecule has 1 saturated heterocycles. The number of phenols is 1. The Morgan fingerprint density at radius 1 is 1.23 bits per heavy atom. The minimum absolute atomic E-state index is 0.142. The van der Waals surface area contributed by atoms with Crippen LogP contribution in [0.2, 0.25) is 0 Å². The number of aromatic hydroxyl groups is 1. The lowest BCUT2D eigenvalue weighted by Crippen LogP contribution is -2.40. The molecule has 3 heterocycles. The number of hydrogen-bond acceptors (Lipinski definition) is 5. The third-order valence-electron chi connectivity index (χ3n) is 6.41. The second kappa shape index (κ2) is 13.4. The van der Waals surface area contributed by atoms with Gasteiger partial charge in [0.25, 0.3) is 0 Å². The largest absolute Gasteiger partial charge is 0.507 e. The van der Waals surface area contributed by atoms with Gasteiger partial charge in [-0.2, -0.15) is 9.61 Å². The van der Waals surface area contributed by atoms with E-state index in [1.807, 2.05) is 33.8 Å². The maximum atomic E-state index is 11.7. The first-order valence-corrected chi connectivity index (χ1v) is 14.3. The zero-order valence-corrected chi connectivity index (χ0v) is 22.5. The summed E-state index contributed by atoms with van der Waals surface area (Å²) in [6, 6.07) is 9.17. The molecule has 190 valence electrons. The Morgan fingerprint density at radius 3 is 2.63 bits per heavy atom. The van der Waals surface area contributed by atoms with E-state index in [0.29, 0.717) is 25.8 Å². The van der Waals surface area contributed by atoms with Crippen LogP contribution in [0.3, 0.4) is 0 Å². The summed E-state index contributed by atoms with van der Waals surface area (Å²) in [6.07, 6.45) is 9.52. The van der Waals surface area contributed by atoms with Crippen molar-refractivity contribution in [2.24, 2.45) is 5.92 Å². The molecule has 0 bridgehead atoms. The molecule has 1 amide bonds. The molecule has 2 atom stereocenters. The first-order chi connectivity index (χ1) is 17.0. The highest BCUT2D eigenvalue weighted by atomic mass is 31.1. The fourth-order valence-corrected chi connectivity index (χ4v) is 4.93. The molecule has 3 aromatic rings. The number of anilines is 1. The smallest absolute Gasteiger partial charge is 0.219 e. The van der Waals surface area contributed by atoms with Crippen molar-refractivity contribution >= 4 is 31.3 Å². The number of benzene rings is 1. The third-order valence-corrected chi connectivity index (χ3v) is 7.31. The predicted molar refractivity (Wildman–Crippen MR) is 147 cm³/mol. The quantitative estimate of drug-likeness (QED) is 0.326. The number of rotatable bonds is 8. The molecular formula is C27H40N5O2P. The van der Waals surface area contributed by atoms with Gasteiger partial charge >= 0.3 is 0 Å². The molecule has 35 heavy (non-hydrogen) atoms. The number of likely N-dealkylation sites (tertiary alicyclic amines) is 1. The number of nitrogens with one attached hydrogen (secondary N) is 1. The van der Waals surface area contributed by atoms with Gasteiger partial charge in [-0.05, 0) is 37.6 Å². The second-order valence-electron chi connectivity index (χ2n) is 9.15. The molecule has 7 nitrogen and oxygen atoms in total. The van der Waals surface area contributed by atoms with Gasteiger partial charge < -0.3 is 15.3 Å². The van der Waals surface area contributed by atoms with Crippen molar-refractivity contribution in [3.05, 3.63) is 36.5 Å². The highest BCUT2D eigenvalue weighted by Gasteiger charge is 2.22. The van der Waals surface area contributed by atoms with Gasteiger partial charge in [0.05, 0.1) is 11.9 Å². The third kappa shape index (κ3) is 7.17. The summed E-state index contributed by atoms with van der Waals surface area (Å²) in [5.74, 6) is 1.59. The lowest BCUT2D eigenvalue weighted by Gasteiger charge is -2.32. The van der Waals surface area contributed by atoms with E-state index in [4.69, 9.17) is 4.98 Å². The normalized spacial score (nSPS) is 15.9. The lowest BCUT2D eigenvalue weighted by atomic mass is 9.98. The van der Waals surface area contributed by atoms with E-state index >= 15 is 0 Å². The molecular weight excluding hydrogens is 457 g/mol. The van der Waals surface area contributed by atoms with Gasteiger partial charge in [-0.3, -0.25) is 4.79 Å². The maximum Gasteiger partial charge on any atom is 0.219 e. The van der Waals surface area contributed by atoms with E-state index in [1.54, 1.807) is 19.1 Å². The minimum atomic E-state index is 0.142. The lowest BCUT2D eigenvalue weighted by molar-refractivity contribution is -0.130. The van der Waals surface area contributed by atoms with Crippen molar-refractivity contribution < 1.29 is 9.90 Å². The summed E-state index contributed by atoms with van der Waals surface area (Å²) in [6.45, 7) is 10.6. The van der Waals surface area contributed by atoms with Gasteiger partial charge in [0, 0.05) is 43.5 Å². The highest BCUT2D eigenvalue weighted by Crippen LogP contribution is 2.30. The average molecular weight is 498 g/mol. The van der Waals surface area contributed by atoms with Crippen LogP contribution >= 0.6 is 8.58 Å². The topological polar surface area (TPSA) is 82.8 Å². The number of hydrogen-bond donors (Lipinski definition) is 2. The summed E-state index contributed by atoms with van der Waals surface area (Å²) >= 11 is 0. The predicted octanol–water partition coefficient (Wildman–Crippen LogP) is 5.29. The van der Waals surface area contributed by atoms with Crippen molar-refractivity contribution in [1.82, 2.24) is 19.5 Å². The number of fused-ring (bicyclic) bond motifs is 1. The second-order valence-corrected chi connectivity index (χ2v) is 10.2. The Balaban J connectivity index is 0.000000509. The zero-order valence-electron chi connectivity index (χ0n) is 21.5. The van der Waals surface area contributed by atoms with Crippen LogP contribution in [0.4, 0.5) is 5.82 Å². The molecule has 1 aliphatic rings. The monoisotopic (exact) mass is 497 g/mol. The minimum Gasteiger partial charge on any atom is -0.507 e. The SMILES string of the molecule is CCCCCC.CPc1cnn2c(NCC3CCCN(C(C)=O)C3)cc(-c3ccccc3O)nc12. The van der Waals surface area contributed by atoms with Crippen LogP contribution in [0.15, 0.2) is 36.5 Å². The molecule has 1 aromatic carbocycles. The van der Waals surface area contributed by atoms with Crippen molar-refractivity contribution in [2.45, 2.75) is 59.3 Å². The van der Waals surface area contributed by atoms with Crippen molar-refractivity contribution in [3.8, 4) is 17.0 Å². The maximum absolute atomic E-state index is 11.7. The molecule has 4 rings (SSSR count). The number of amides is 1. The number of phenolic OH excluding ortho intramolecular Hbond substituents is 1. The molecule has 0 spiro atoms. The van der Waals surface area contributed by atoms with Crippen LogP contribution in [0.1, 0.15) is 59.3 Å². The van der Waals surface area contributed by atoms with Crippen molar-refractivity contribution in [3.63, 3.8) is 0 Å². The Bertz CT molecular complexity index is 1100. The van der Waals surface area contributed by atoms with Gasteiger partial charge in [-0.1, -0.05) is 60.2 Å². The van der Waals surface area contributed by atoms with Gasteiger partial charge in [0.1, 0.15) is 11.6 Å². The number of piperidine rings is 1. The summed E-state index contributed by atoms with van der Waals surface area (Å²) in [5.41, 5.74) is 2.22. The number of carbonyl (C=O) groups is 1. The van der Waals surface area contributed by atoms with Crippen LogP contribution < -0.4 is 10.6 Å². The van der Waals surface area contributed by atoms with Crippen LogP contribution in [-0.2, 0) is 4.79 Å². The van der Waals surface area contributed by atoms with E-state index in [9.17, 15) is 9.90 Å². The average Bonchev–Trinajstić information content (AvgIpc) is 3.30. The Morgan fingerprint density at radius 2 is 1.97 bits per heavy atom. The van der Waals surface area contributed by atoms with Gasteiger partial charge in [0.2, 0.25) is 5.91 Å². The standard InChI is InChI=1S/C21H26N5O2P.C6H14/c1-14(27)25-9-5-6-15(13-25)11-22-20-10-17(16-7-3-4-8-18(16)28)24-21-19(29-2)12-23-26(20)21;1-3-5-6-4-2/h3-4,7-8,10,12,15,22,28-29H,5-6,9,11,13H2,1-2H3;3-6H2,1-2H3. The van der Waals surface area contributed by atoms with Crippen LogP contribution in [0.25, 0.3) is 16.9 Å². The molecule has 2 aromatic heterocycles. The van der Waals surface area contributed by atoms with E-state index in [2.05, 4.69) is 30.9 Å². The zero-order chi connectivity index (χ0) is 25.2. The van der Waals surface area contributed by atoms with Crippen LogP contribution in [0, 0.1) is 5.92 Å². The Hall–Kier alpha value is -2.66. The first-order valence-electron chi connectivity index (χ1n) is 12.8. The molecule has 8 heteroatoms. The Kier molecular flexibility index (Phi) is 10.3. The first kappa shape index (κ1) is 26.9. The van der Waals surface area contributed by atoms with Crippen LogP contribution in [-0.4, -0.2) is 56.8 Å². The van der Waals surface area contributed by atoms with Gasteiger partial charge in [-0.25, -0.2) is 4.98 Å². The van der Waals surface area contributed by atoms with Crippen LogP contribution in [0.5, 0.6) is 5.75 Å². The van der Waals surface area contributed by atoms with Gasteiger partial charge in [0.15, 0.2) is 5.65 Å². The molecule has 0 aliphatic carbocycles. The highest BCUT2D eigenvalue weighted by molar-refractivity contribution is 7.46.